The van der Waals surface area contributed by atoms with E-state index in [0.717, 1.165) is 37.2 Å². The second-order valence-electron chi connectivity index (χ2n) is 6.54. The molecular weight excluding hydrogens is 265 g/mol. The minimum atomic E-state index is -0.0829. The number of piperidine rings is 1. The largest absolute Gasteiger partial charge is 0.371 e. The highest BCUT2D eigenvalue weighted by Crippen LogP contribution is 2.28. The van der Waals surface area contributed by atoms with E-state index in [1.54, 1.807) is 6.07 Å². The molecule has 4 heteroatoms. The van der Waals surface area contributed by atoms with Crippen LogP contribution in [0.3, 0.4) is 0 Å². The van der Waals surface area contributed by atoms with Gasteiger partial charge in [0.2, 0.25) is 0 Å². The molecule has 1 aromatic carbocycles. The number of anilines is 1. The third kappa shape index (κ3) is 3.55. The number of nitrogens with zero attached hydrogens (tertiary/aromatic N) is 2. The second-order valence-corrected chi connectivity index (χ2v) is 6.54. The molecule has 21 heavy (non-hydrogen) atoms. The Balaban J connectivity index is 1.74. The van der Waals surface area contributed by atoms with E-state index in [0.29, 0.717) is 18.6 Å². The molecule has 0 amide bonds. The number of rotatable bonds is 5. The van der Waals surface area contributed by atoms with Crippen molar-refractivity contribution < 1.29 is 4.39 Å². The van der Waals surface area contributed by atoms with Crippen LogP contribution in [0.2, 0.25) is 0 Å². The molecule has 2 fully saturated rings. The van der Waals surface area contributed by atoms with Crippen LogP contribution < -0.4 is 10.2 Å². The van der Waals surface area contributed by atoms with Gasteiger partial charge >= 0.3 is 0 Å². The smallest absolute Gasteiger partial charge is 0.129 e. The first-order chi connectivity index (χ1) is 10.1. The van der Waals surface area contributed by atoms with E-state index >= 15 is 0 Å². The van der Waals surface area contributed by atoms with Gasteiger partial charge in [-0.3, -0.25) is 0 Å². The highest BCUT2D eigenvalue weighted by atomic mass is 19.1. The Hall–Kier alpha value is -1.13. The Morgan fingerprint density at radius 2 is 1.95 bits per heavy atom. The fourth-order valence-corrected chi connectivity index (χ4v) is 3.17. The molecule has 1 aliphatic heterocycles. The van der Waals surface area contributed by atoms with Crippen LogP contribution in [-0.2, 0) is 6.54 Å². The SMILES string of the molecule is CN1CCC(N(C)c2cccc(F)c2CNC2CC2)CC1. The van der Waals surface area contributed by atoms with Crippen molar-refractivity contribution in [3.63, 3.8) is 0 Å². The zero-order valence-corrected chi connectivity index (χ0v) is 13.1. The molecular formula is C17H26FN3. The predicted molar refractivity (Wildman–Crippen MR) is 85.2 cm³/mol. The van der Waals surface area contributed by atoms with Crippen molar-refractivity contribution in [2.24, 2.45) is 0 Å². The molecule has 0 radical (unpaired) electrons. The van der Waals surface area contributed by atoms with E-state index in [9.17, 15) is 4.39 Å². The first-order valence-corrected chi connectivity index (χ1v) is 8.07. The molecule has 1 aromatic rings. The van der Waals surface area contributed by atoms with Crippen LogP contribution in [0, 0.1) is 5.82 Å². The summed E-state index contributed by atoms with van der Waals surface area (Å²) >= 11 is 0. The molecule has 1 N–H and O–H groups in total. The molecule has 0 unspecified atom stereocenters. The summed E-state index contributed by atoms with van der Waals surface area (Å²) in [6.07, 6.45) is 4.77. The van der Waals surface area contributed by atoms with Crippen LogP contribution in [0.25, 0.3) is 0 Å². The van der Waals surface area contributed by atoms with Crippen molar-refractivity contribution in [2.75, 3.05) is 32.1 Å². The van der Waals surface area contributed by atoms with E-state index < -0.39 is 0 Å². The van der Waals surface area contributed by atoms with Gasteiger partial charge in [0.1, 0.15) is 5.82 Å². The van der Waals surface area contributed by atoms with Gasteiger partial charge in [-0.05, 0) is 58.0 Å². The van der Waals surface area contributed by atoms with Crippen molar-refractivity contribution >= 4 is 5.69 Å². The topological polar surface area (TPSA) is 18.5 Å². The highest BCUT2D eigenvalue weighted by molar-refractivity contribution is 5.54. The molecule has 116 valence electrons. The lowest BCUT2D eigenvalue weighted by Crippen LogP contribution is -2.42. The summed E-state index contributed by atoms with van der Waals surface area (Å²) < 4.78 is 14.2. The maximum atomic E-state index is 14.2. The first kappa shape index (κ1) is 14.8. The molecule has 1 saturated heterocycles. The van der Waals surface area contributed by atoms with Crippen LogP contribution in [0.1, 0.15) is 31.2 Å². The summed E-state index contributed by atoms with van der Waals surface area (Å²) in [4.78, 5) is 4.66. The van der Waals surface area contributed by atoms with Gasteiger partial charge in [-0.15, -0.1) is 0 Å². The van der Waals surface area contributed by atoms with Gasteiger partial charge in [-0.1, -0.05) is 6.07 Å². The van der Waals surface area contributed by atoms with Gasteiger partial charge < -0.3 is 15.1 Å². The normalized spacial score (nSPS) is 20.7. The van der Waals surface area contributed by atoms with Crippen LogP contribution in [0.4, 0.5) is 10.1 Å². The number of hydrogen-bond donors (Lipinski definition) is 1. The fourth-order valence-electron chi connectivity index (χ4n) is 3.17. The molecule has 3 nitrogen and oxygen atoms in total. The number of hydrogen-bond acceptors (Lipinski definition) is 3. The summed E-state index contributed by atoms with van der Waals surface area (Å²) in [5, 5.41) is 3.44. The van der Waals surface area contributed by atoms with E-state index in [2.05, 4.69) is 35.3 Å². The maximum absolute atomic E-state index is 14.2. The number of nitrogens with one attached hydrogen (secondary N) is 1. The summed E-state index contributed by atoms with van der Waals surface area (Å²) in [5.74, 6) is -0.0829. The molecule has 1 heterocycles. The highest BCUT2D eigenvalue weighted by Gasteiger charge is 2.25. The summed E-state index contributed by atoms with van der Waals surface area (Å²) in [5.41, 5.74) is 1.88. The van der Waals surface area contributed by atoms with Gasteiger partial charge in [-0.2, -0.15) is 0 Å². The van der Waals surface area contributed by atoms with Gasteiger partial charge in [0.05, 0.1) is 0 Å². The van der Waals surface area contributed by atoms with E-state index in [1.165, 1.54) is 12.8 Å². The summed E-state index contributed by atoms with van der Waals surface area (Å²) in [6.45, 7) is 2.89. The van der Waals surface area contributed by atoms with E-state index in [-0.39, 0.29) is 5.82 Å². The number of halogens is 1. The number of likely N-dealkylation sites (tertiary alicyclic amines) is 1. The van der Waals surface area contributed by atoms with E-state index in [4.69, 9.17) is 0 Å². The van der Waals surface area contributed by atoms with Crippen LogP contribution in [0.15, 0.2) is 18.2 Å². The Bertz CT molecular complexity index is 479. The van der Waals surface area contributed by atoms with E-state index in [1.807, 2.05) is 6.07 Å². The zero-order valence-electron chi connectivity index (χ0n) is 13.1. The monoisotopic (exact) mass is 291 g/mol. The predicted octanol–water partition coefficient (Wildman–Crippen LogP) is 2.61. The van der Waals surface area contributed by atoms with Crippen molar-refractivity contribution in [1.82, 2.24) is 10.2 Å². The van der Waals surface area contributed by atoms with Crippen molar-refractivity contribution in [2.45, 2.75) is 44.3 Å². The molecule has 2 aliphatic rings. The van der Waals surface area contributed by atoms with Gasteiger partial charge in [-0.25, -0.2) is 4.39 Å². The standard InChI is InChI=1S/C17H26FN3/c1-20-10-8-14(9-11-20)21(2)17-5-3-4-16(18)15(17)12-19-13-6-7-13/h3-5,13-14,19H,6-12H2,1-2H3. The quantitative estimate of drug-likeness (QED) is 0.899. The molecule has 0 bridgehead atoms. The molecule has 0 atom stereocenters. The molecule has 1 aliphatic carbocycles. The van der Waals surface area contributed by atoms with Crippen LogP contribution in [0.5, 0.6) is 0 Å². The molecule has 0 spiro atoms. The third-order valence-corrected chi connectivity index (χ3v) is 4.85. The fraction of sp³-hybridized carbons (Fsp3) is 0.647. The Labute approximate surface area is 127 Å². The van der Waals surface area contributed by atoms with Crippen LogP contribution in [-0.4, -0.2) is 44.2 Å². The van der Waals surface area contributed by atoms with Gasteiger partial charge in [0.25, 0.3) is 0 Å². The first-order valence-electron chi connectivity index (χ1n) is 8.07. The minimum Gasteiger partial charge on any atom is -0.371 e. The minimum absolute atomic E-state index is 0.0829. The molecule has 3 rings (SSSR count). The Morgan fingerprint density at radius 3 is 2.62 bits per heavy atom. The summed E-state index contributed by atoms with van der Waals surface area (Å²) in [7, 11) is 4.29. The van der Waals surface area contributed by atoms with Crippen molar-refractivity contribution in [3.8, 4) is 0 Å². The maximum Gasteiger partial charge on any atom is 0.129 e. The van der Waals surface area contributed by atoms with Crippen molar-refractivity contribution in [1.29, 1.82) is 0 Å². The average molecular weight is 291 g/mol. The number of benzene rings is 1. The molecule has 1 saturated carbocycles. The van der Waals surface area contributed by atoms with Gasteiger partial charge in [0, 0.05) is 36.9 Å². The molecule has 0 aromatic heterocycles. The van der Waals surface area contributed by atoms with Gasteiger partial charge in [0.15, 0.2) is 0 Å². The Kier molecular flexibility index (Phi) is 4.45. The summed E-state index contributed by atoms with van der Waals surface area (Å²) in [6, 6.07) is 6.59. The Morgan fingerprint density at radius 1 is 1.24 bits per heavy atom. The third-order valence-electron chi connectivity index (χ3n) is 4.85. The zero-order chi connectivity index (χ0) is 14.8. The van der Waals surface area contributed by atoms with Crippen molar-refractivity contribution in [3.05, 3.63) is 29.6 Å². The lowest BCUT2D eigenvalue weighted by molar-refractivity contribution is 0.252. The van der Waals surface area contributed by atoms with Crippen LogP contribution >= 0.6 is 0 Å². The lowest BCUT2D eigenvalue weighted by atomic mass is 10.0. The second kappa shape index (κ2) is 6.32. The lowest BCUT2D eigenvalue weighted by Gasteiger charge is -2.37. The average Bonchev–Trinajstić information content (AvgIpc) is 3.30.